The van der Waals surface area contributed by atoms with Crippen molar-refractivity contribution in [3.05, 3.63) is 17.9 Å². The first-order valence-corrected chi connectivity index (χ1v) is 7.13. The van der Waals surface area contributed by atoms with E-state index in [-0.39, 0.29) is 23.0 Å². The normalized spacial score (nSPS) is 24.3. The number of aldehydes is 1. The third kappa shape index (κ3) is 2.80. The Morgan fingerprint density at radius 1 is 1.44 bits per heavy atom. The summed E-state index contributed by atoms with van der Waals surface area (Å²) in [5.41, 5.74) is 0. The maximum absolute atomic E-state index is 12.0. The Bertz CT molecular complexity index is 521. The van der Waals surface area contributed by atoms with Crippen LogP contribution in [0, 0.1) is 0 Å². The van der Waals surface area contributed by atoms with Crippen LogP contribution in [0.25, 0.3) is 0 Å². The molecule has 0 radical (unpaired) electrons. The molecule has 6 nitrogen and oxygen atoms in total. The summed E-state index contributed by atoms with van der Waals surface area (Å²) in [5, 5.41) is -0.231. The molecule has 1 aliphatic rings. The van der Waals surface area contributed by atoms with Crippen molar-refractivity contribution in [2.45, 2.75) is 36.5 Å². The molecule has 1 aromatic heterocycles. The lowest BCUT2D eigenvalue weighted by Crippen LogP contribution is -2.33. The van der Waals surface area contributed by atoms with Crippen LogP contribution in [0.5, 0.6) is 0 Å². The summed E-state index contributed by atoms with van der Waals surface area (Å²) in [6.45, 7) is 0. The second kappa shape index (κ2) is 5.21. The fourth-order valence-electron chi connectivity index (χ4n) is 2.08. The van der Waals surface area contributed by atoms with Crippen LogP contribution in [0.4, 0.5) is 0 Å². The number of methoxy groups -OCH3 is 1. The highest BCUT2D eigenvalue weighted by Crippen LogP contribution is 2.23. The van der Waals surface area contributed by atoms with Crippen molar-refractivity contribution in [2.24, 2.45) is 0 Å². The van der Waals surface area contributed by atoms with Crippen LogP contribution in [0.2, 0.25) is 0 Å². The van der Waals surface area contributed by atoms with Gasteiger partial charge in [0.1, 0.15) is 0 Å². The summed E-state index contributed by atoms with van der Waals surface area (Å²) >= 11 is 0. The fourth-order valence-corrected chi connectivity index (χ4v) is 3.30. The van der Waals surface area contributed by atoms with Gasteiger partial charge < -0.3 is 9.15 Å². The van der Waals surface area contributed by atoms with Crippen LogP contribution < -0.4 is 4.72 Å². The van der Waals surface area contributed by atoms with Gasteiger partial charge in [-0.15, -0.1) is 0 Å². The van der Waals surface area contributed by atoms with Gasteiger partial charge in [-0.1, -0.05) is 0 Å². The second-order valence-electron chi connectivity index (χ2n) is 4.26. The average molecular weight is 273 g/mol. The quantitative estimate of drug-likeness (QED) is 0.807. The Labute approximate surface area is 105 Å². The van der Waals surface area contributed by atoms with Crippen LogP contribution in [-0.4, -0.2) is 34.0 Å². The van der Waals surface area contributed by atoms with Gasteiger partial charge in [0.15, 0.2) is 12.0 Å². The van der Waals surface area contributed by atoms with Gasteiger partial charge in [0.25, 0.3) is 10.0 Å². The number of nitrogens with one attached hydrogen (secondary N) is 1. The van der Waals surface area contributed by atoms with E-state index in [0.717, 1.165) is 12.8 Å². The lowest BCUT2D eigenvalue weighted by Gasteiger charge is -2.11. The van der Waals surface area contributed by atoms with Crippen molar-refractivity contribution in [1.82, 2.24) is 4.72 Å². The molecule has 2 atom stereocenters. The zero-order valence-corrected chi connectivity index (χ0v) is 10.8. The molecule has 0 amide bonds. The van der Waals surface area contributed by atoms with Gasteiger partial charge >= 0.3 is 0 Å². The molecule has 2 unspecified atom stereocenters. The first-order chi connectivity index (χ1) is 8.55. The maximum Gasteiger partial charge on any atom is 0.274 e. The lowest BCUT2D eigenvalue weighted by atomic mass is 10.3. The zero-order chi connectivity index (χ0) is 13.2. The summed E-state index contributed by atoms with van der Waals surface area (Å²) in [6, 6.07) is 2.45. The fraction of sp³-hybridized carbons (Fsp3) is 0.545. The van der Waals surface area contributed by atoms with Gasteiger partial charge in [-0.25, -0.2) is 13.1 Å². The summed E-state index contributed by atoms with van der Waals surface area (Å²) in [7, 11) is -2.08. The number of furan rings is 1. The summed E-state index contributed by atoms with van der Waals surface area (Å²) in [4.78, 5) is 10.4. The van der Waals surface area contributed by atoms with Gasteiger partial charge in [-0.3, -0.25) is 4.79 Å². The van der Waals surface area contributed by atoms with E-state index in [1.54, 1.807) is 7.11 Å². The van der Waals surface area contributed by atoms with Crippen molar-refractivity contribution in [2.75, 3.05) is 7.11 Å². The standard InChI is InChI=1S/C11H15NO5S/c1-16-9-3-2-8(6-9)12-18(14,15)11-5-4-10(7-13)17-11/h4-5,7-9,12H,2-3,6H2,1H3. The van der Waals surface area contributed by atoms with Gasteiger partial charge in [0, 0.05) is 13.2 Å². The SMILES string of the molecule is COC1CCC(NS(=O)(=O)c2ccc(C=O)o2)C1. The molecule has 0 aromatic carbocycles. The smallest absolute Gasteiger partial charge is 0.274 e. The number of hydrogen-bond acceptors (Lipinski definition) is 5. The molecule has 1 saturated carbocycles. The molecule has 1 aliphatic carbocycles. The van der Waals surface area contributed by atoms with Crippen LogP contribution in [0.15, 0.2) is 21.6 Å². The minimum absolute atomic E-state index is 0.00318. The molecule has 18 heavy (non-hydrogen) atoms. The topological polar surface area (TPSA) is 85.6 Å². The summed E-state index contributed by atoms with van der Waals surface area (Å²) in [5.74, 6) is -0.00318. The Balaban J connectivity index is 2.06. The molecule has 0 aliphatic heterocycles. The van der Waals surface area contributed by atoms with Crippen LogP contribution in [-0.2, 0) is 14.8 Å². The van der Waals surface area contributed by atoms with Crippen molar-refractivity contribution < 1.29 is 22.4 Å². The van der Waals surface area contributed by atoms with Gasteiger partial charge in [0.2, 0.25) is 5.09 Å². The lowest BCUT2D eigenvalue weighted by molar-refractivity contribution is 0.107. The highest BCUT2D eigenvalue weighted by Gasteiger charge is 2.29. The van der Waals surface area contributed by atoms with Crippen LogP contribution in [0.1, 0.15) is 29.8 Å². The van der Waals surface area contributed by atoms with Crippen molar-refractivity contribution >= 4 is 16.3 Å². The molecule has 7 heteroatoms. The number of hydrogen-bond donors (Lipinski definition) is 1. The summed E-state index contributed by atoms with van der Waals surface area (Å²) in [6.07, 6.45) is 2.78. The molecule has 1 fully saturated rings. The van der Waals surface area contributed by atoms with Crippen molar-refractivity contribution in [1.29, 1.82) is 0 Å². The molecule has 0 spiro atoms. The van der Waals surface area contributed by atoms with E-state index in [1.807, 2.05) is 0 Å². The predicted octanol–water partition coefficient (Wildman–Crippen LogP) is 0.938. The number of rotatable bonds is 5. The predicted molar refractivity (Wildman–Crippen MR) is 62.9 cm³/mol. The van der Waals surface area contributed by atoms with Crippen molar-refractivity contribution in [3.8, 4) is 0 Å². The molecule has 1 N–H and O–H groups in total. The van der Waals surface area contributed by atoms with Gasteiger partial charge in [-0.2, -0.15) is 0 Å². The number of ether oxygens (including phenoxy) is 1. The molecule has 0 saturated heterocycles. The minimum Gasteiger partial charge on any atom is -0.440 e. The first kappa shape index (κ1) is 13.3. The van der Waals surface area contributed by atoms with E-state index >= 15 is 0 Å². The van der Waals surface area contributed by atoms with E-state index in [2.05, 4.69) is 4.72 Å². The van der Waals surface area contributed by atoms with Gasteiger partial charge in [0.05, 0.1) is 6.10 Å². The molecule has 2 rings (SSSR count). The zero-order valence-electron chi connectivity index (χ0n) is 9.96. The molecular formula is C11H15NO5S. The molecule has 0 bridgehead atoms. The van der Waals surface area contributed by atoms with Gasteiger partial charge in [-0.05, 0) is 31.4 Å². The highest BCUT2D eigenvalue weighted by atomic mass is 32.2. The third-order valence-electron chi connectivity index (χ3n) is 3.02. The van der Waals surface area contributed by atoms with E-state index in [0.29, 0.717) is 12.7 Å². The maximum atomic E-state index is 12.0. The van der Waals surface area contributed by atoms with Crippen molar-refractivity contribution in [3.63, 3.8) is 0 Å². The van der Waals surface area contributed by atoms with E-state index in [1.165, 1.54) is 12.1 Å². The van der Waals surface area contributed by atoms with E-state index in [9.17, 15) is 13.2 Å². The Hall–Kier alpha value is -1.18. The number of carbonyl (C=O) groups excluding carboxylic acids is 1. The minimum atomic E-state index is -3.70. The number of sulfonamides is 1. The van der Waals surface area contributed by atoms with Crippen LogP contribution >= 0.6 is 0 Å². The summed E-state index contributed by atoms with van der Waals surface area (Å²) < 4.78 is 36.5. The molecule has 1 aromatic rings. The molecule has 100 valence electrons. The number of carbonyl (C=O) groups is 1. The first-order valence-electron chi connectivity index (χ1n) is 5.65. The average Bonchev–Trinajstić information content (AvgIpc) is 2.96. The Kier molecular flexibility index (Phi) is 3.84. The Morgan fingerprint density at radius 2 is 2.22 bits per heavy atom. The Morgan fingerprint density at radius 3 is 2.78 bits per heavy atom. The molecule has 1 heterocycles. The third-order valence-corrected chi connectivity index (χ3v) is 4.42. The monoisotopic (exact) mass is 273 g/mol. The largest absolute Gasteiger partial charge is 0.440 e. The van der Waals surface area contributed by atoms with Crippen LogP contribution in [0.3, 0.4) is 0 Å². The molecular weight excluding hydrogens is 258 g/mol. The van der Waals surface area contributed by atoms with E-state index in [4.69, 9.17) is 9.15 Å². The second-order valence-corrected chi connectivity index (χ2v) is 5.91. The highest BCUT2D eigenvalue weighted by molar-refractivity contribution is 7.89. The van der Waals surface area contributed by atoms with E-state index < -0.39 is 10.0 Å².